The van der Waals surface area contributed by atoms with Crippen molar-refractivity contribution in [3.63, 3.8) is 0 Å². The second kappa shape index (κ2) is 20.9. The highest BCUT2D eigenvalue weighted by Crippen LogP contribution is 2.30. The molecule has 7 heteroatoms. The molecule has 5 aromatic heterocycles. The smallest absolute Gasteiger partial charge is 0.155 e. The summed E-state index contributed by atoms with van der Waals surface area (Å²) in [6.07, 6.45) is 14.2. The lowest BCUT2D eigenvalue weighted by Crippen LogP contribution is -1.94. The van der Waals surface area contributed by atoms with E-state index in [4.69, 9.17) is 0 Å². The first-order chi connectivity index (χ1) is 20.3. The van der Waals surface area contributed by atoms with Crippen molar-refractivity contribution in [2.24, 2.45) is 5.92 Å². The monoisotopic (exact) mass is 587 g/mol. The van der Waals surface area contributed by atoms with Crippen LogP contribution in [0.3, 0.4) is 0 Å². The summed E-state index contributed by atoms with van der Waals surface area (Å²) in [5, 5.41) is 5.31. The third-order valence-corrected chi connectivity index (χ3v) is 6.31. The van der Waals surface area contributed by atoms with Crippen molar-refractivity contribution >= 4 is 22.3 Å². The molecule has 1 aliphatic rings. The standard InChI is InChI=1S/2C10H12N2.C9H11N3.3C2H6.CH4/c1-7(2)8-3-4-10-9(8)5-11-6-12-10;1-7(2)9-6-12-10-8(9)4-3-5-11-10;1-7(2)8-3-4-9-10-6-11-12(9)5-8;3*1-2;/h3,5-7H,4H2,1-2H3;3-7H,1-2H3,(H,11,12);3-7H,1-2H3;3*1-2H3;1H4. The molecule has 0 bridgehead atoms. The van der Waals surface area contributed by atoms with Crippen molar-refractivity contribution in [1.29, 1.82) is 0 Å². The summed E-state index contributed by atoms with van der Waals surface area (Å²) < 4.78 is 1.80. The molecule has 0 unspecified atom stereocenters. The highest BCUT2D eigenvalue weighted by atomic mass is 15.3. The minimum Gasteiger partial charge on any atom is -0.346 e. The zero-order valence-electron chi connectivity index (χ0n) is 28.0. The van der Waals surface area contributed by atoms with E-state index in [9.17, 15) is 0 Å². The van der Waals surface area contributed by atoms with Gasteiger partial charge in [-0.15, -0.1) is 0 Å². The molecule has 0 amide bonds. The molecule has 5 heterocycles. The minimum atomic E-state index is 0. The van der Waals surface area contributed by atoms with E-state index >= 15 is 0 Å². The number of aromatic nitrogens is 7. The van der Waals surface area contributed by atoms with Gasteiger partial charge < -0.3 is 4.98 Å². The van der Waals surface area contributed by atoms with Crippen LogP contribution in [0.5, 0.6) is 0 Å². The van der Waals surface area contributed by atoms with Crippen LogP contribution in [0, 0.1) is 5.92 Å². The van der Waals surface area contributed by atoms with Gasteiger partial charge >= 0.3 is 0 Å². The van der Waals surface area contributed by atoms with Gasteiger partial charge in [-0.1, -0.05) is 103 Å². The Bertz CT molecular complexity index is 1460. The summed E-state index contributed by atoms with van der Waals surface area (Å²) in [6.45, 7) is 25.1. The zero-order chi connectivity index (χ0) is 31.7. The highest BCUT2D eigenvalue weighted by Gasteiger charge is 2.16. The Balaban J connectivity index is 0.000000559. The van der Waals surface area contributed by atoms with Crippen LogP contribution in [-0.4, -0.2) is 34.5 Å². The zero-order valence-corrected chi connectivity index (χ0v) is 28.0. The fourth-order valence-electron chi connectivity index (χ4n) is 4.25. The quantitative estimate of drug-likeness (QED) is 0.227. The first-order valence-electron chi connectivity index (χ1n) is 15.6. The lowest BCUT2D eigenvalue weighted by molar-refractivity contribution is 0.835. The van der Waals surface area contributed by atoms with Gasteiger partial charge in [0, 0.05) is 42.2 Å². The number of allylic oxidation sites excluding steroid dienone is 2. The van der Waals surface area contributed by atoms with Gasteiger partial charge in [0.25, 0.3) is 0 Å². The molecule has 6 rings (SSSR count). The Morgan fingerprint density at radius 1 is 0.791 bits per heavy atom. The Kier molecular flexibility index (Phi) is 19.0. The van der Waals surface area contributed by atoms with Gasteiger partial charge in [0.1, 0.15) is 18.3 Å². The summed E-state index contributed by atoms with van der Waals surface area (Å²) in [6, 6.07) is 8.16. The summed E-state index contributed by atoms with van der Waals surface area (Å²) in [4.78, 5) is 19.7. The molecule has 0 atom stereocenters. The molecule has 0 spiro atoms. The normalized spacial score (nSPS) is 10.8. The van der Waals surface area contributed by atoms with Gasteiger partial charge in [-0.05, 0) is 52.7 Å². The van der Waals surface area contributed by atoms with Gasteiger partial charge in [-0.3, -0.25) is 0 Å². The predicted octanol–water partition coefficient (Wildman–Crippen LogP) is 10.3. The molecule has 236 valence electrons. The van der Waals surface area contributed by atoms with E-state index in [-0.39, 0.29) is 7.43 Å². The minimum absolute atomic E-state index is 0. The third-order valence-electron chi connectivity index (χ3n) is 6.31. The molecule has 1 aliphatic carbocycles. The van der Waals surface area contributed by atoms with Crippen molar-refractivity contribution in [2.45, 2.75) is 109 Å². The predicted molar refractivity (Wildman–Crippen MR) is 187 cm³/mol. The molecule has 0 aliphatic heterocycles. The van der Waals surface area contributed by atoms with Crippen molar-refractivity contribution in [3.8, 4) is 0 Å². The fraction of sp³-hybridized carbons (Fsp3) is 0.472. The third kappa shape index (κ3) is 11.0. The van der Waals surface area contributed by atoms with Crippen LogP contribution in [0.1, 0.15) is 125 Å². The number of fused-ring (bicyclic) bond motifs is 3. The van der Waals surface area contributed by atoms with E-state index < -0.39 is 0 Å². The first kappa shape index (κ1) is 39.1. The molecule has 0 saturated carbocycles. The maximum Gasteiger partial charge on any atom is 0.155 e. The molecule has 0 fully saturated rings. The molecular weight excluding hydrogens is 530 g/mol. The number of aromatic amines is 1. The van der Waals surface area contributed by atoms with Gasteiger partial charge in [0.05, 0.1) is 5.69 Å². The molecule has 0 aromatic carbocycles. The van der Waals surface area contributed by atoms with Crippen LogP contribution < -0.4 is 0 Å². The van der Waals surface area contributed by atoms with Crippen LogP contribution in [0.2, 0.25) is 0 Å². The first-order valence-corrected chi connectivity index (χ1v) is 15.6. The number of pyridine rings is 2. The van der Waals surface area contributed by atoms with E-state index in [1.807, 2.05) is 78.5 Å². The van der Waals surface area contributed by atoms with Gasteiger partial charge in [0.15, 0.2) is 5.65 Å². The Labute approximate surface area is 261 Å². The van der Waals surface area contributed by atoms with Crippen molar-refractivity contribution < 1.29 is 0 Å². The Morgan fingerprint density at radius 3 is 2.12 bits per heavy atom. The Morgan fingerprint density at radius 2 is 1.49 bits per heavy atom. The average molecular weight is 588 g/mol. The summed E-state index contributed by atoms with van der Waals surface area (Å²) >= 11 is 0. The molecular formula is C36H57N7. The lowest BCUT2D eigenvalue weighted by Gasteiger charge is -2.06. The van der Waals surface area contributed by atoms with Crippen molar-refractivity contribution in [3.05, 3.63) is 90.2 Å². The van der Waals surface area contributed by atoms with Gasteiger partial charge in [-0.25, -0.2) is 24.5 Å². The van der Waals surface area contributed by atoms with Gasteiger partial charge in [0.2, 0.25) is 0 Å². The largest absolute Gasteiger partial charge is 0.346 e. The number of rotatable bonds is 3. The average Bonchev–Trinajstić information content (AvgIpc) is 3.79. The number of H-pyrrole nitrogens is 1. The molecule has 0 saturated heterocycles. The highest BCUT2D eigenvalue weighted by molar-refractivity contribution is 5.79. The van der Waals surface area contributed by atoms with Crippen LogP contribution in [0.25, 0.3) is 22.3 Å². The number of nitrogens with zero attached hydrogens (tertiary/aromatic N) is 6. The molecule has 0 radical (unpaired) electrons. The molecule has 43 heavy (non-hydrogen) atoms. The summed E-state index contributed by atoms with van der Waals surface area (Å²) in [5.74, 6) is 1.68. The lowest BCUT2D eigenvalue weighted by atomic mass is 10.00. The maximum atomic E-state index is 4.23. The van der Waals surface area contributed by atoms with E-state index in [0.29, 0.717) is 17.8 Å². The number of hydrogen-bond acceptors (Lipinski definition) is 5. The van der Waals surface area contributed by atoms with E-state index in [0.717, 1.165) is 17.7 Å². The summed E-state index contributed by atoms with van der Waals surface area (Å²) in [7, 11) is 0. The molecule has 1 N–H and O–H groups in total. The number of hydrogen-bond donors (Lipinski definition) is 1. The van der Waals surface area contributed by atoms with Crippen molar-refractivity contribution in [2.75, 3.05) is 0 Å². The Hall–Kier alpha value is -3.87. The SMILES string of the molecule is C.CC.CC.CC.CC(C)C1=CCc2ncncc21.CC(C)c1c[nH]c2ncccc12.CC(C)c1ccc2ncnn2c1. The second-order valence-electron chi connectivity index (χ2n) is 9.88. The van der Waals surface area contributed by atoms with E-state index in [1.54, 1.807) is 17.2 Å². The van der Waals surface area contributed by atoms with Crippen LogP contribution in [0.15, 0.2) is 67.8 Å². The molecule has 7 nitrogen and oxygen atoms in total. The second-order valence-corrected chi connectivity index (χ2v) is 9.88. The fourth-order valence-corrected chi connectivity index (χ4v) is 4.25. The topological polar surface area (TPSA) is 84.6 Å². The van der Waals surface area contributed by atoms with E-state index in [1.165, 1.54) is 33.3 Å². The summed E-state index contributed by atoms with van der Waals surface area (Å²) in [5.41, 5.74) is 8.33. The molecule has 5 aromatic rings. The maximum absolute atomic E-state index is 4.23. The van der Waals surface area contributed by atoms with Crippen molar-refractivity contribution in [1.82, 2.24) is 34.5 Å². The van der Waals surface area contributed by atoms with Crippen LogP contribution in [0.4, 0.5) is 0 Å². The number of nitrogens with one attached hydrogen (secondary N) is 1. The van der Waals surface area contributed by atoms with Crippen LogP contribution in [-0.2, 0) is 6.42 Å². The van der Waals surface area contributed by atoms with Gasteiger partial charge in [-0.2, -0.15) is 5.10 Å². The van der Waals surface area contributed by atoms with E-state index in [2.05, 4.69) is 89.8 Å². The van der Waals surface area contributed by atoms with Crippen LogP contribution >= 0.6 is 0 Å².